The topological polar surface area (TPSA) is 73.6 Å². The van der Waals surface area contributed by atoms with Crippen LogP contribution in [0.1, 0.15) is 5.56 Å². The van der Waals surface area contributed by atoms with E-state index in [9.17, 15) is 14.5 Å². The fraction of sp³-hybridized carbons (Fsp3) is 0.0417. The minimum absolute atomic E-state index is 0.0699. The van der Waals surface area contributed by atoms with Gasteiger partial charge in [-0.1, -0.05) is 42.5 Å². The molecule has 5 aromatic rings. The van der Waals surface area contributed by atoms with Gasteiger partial charge >= 0.3 is 0 Å². The van der Waals surface area contributed by atoms with Gasteiger partial charge < -0.3 is 8.98 Å². The van der Waals surface area contributed by atoms with Gasteiger partial charge in [0.1, 0.15) is 17.1 Å². The summed E-state index contributed by atoms with van der Waals surface area (Å²) in [4.78, 5) is 16.2. The predicted octanol–water partition coefficient (Wildman–Crippen LogP) is 6.29. The summed E-state index contributed by atoms with van der Waals surface area (Å²) < 4.78 is 21.4. The summed E-state index contributed by atoms with van der Waals surface area (Å²) >= 11 is 1.36. The number of hydrogen-bond donors (Lipinski definition) is 0. The molecular weight excluding hydrogens is 429 g/mol. The van der Waals surface area contributed by atoms with Crippen molar-refractivity contribution in [2.24, 2.45) is 4.99 Å². The minimum atomic E-state index is -0.448. The van der Waals surface area contributed by atoms with Crippen molar-refractivity contribution < 1.29 is 13.7 Å². The lowest BCUT2D eigenvalue weighted by molar-refractivity contribution is -0.384. The molecule has 2 aromatic heterocycles. The Bertz CT molecular complexity index is 1470. The van der Waals surface area contributed by atoms with Gasteiger partial charge in [0.05, 0.1) is 17.2 Å². The molecule has 8 heteroatoms. The van der Waals surface area contributed by atoms with Gasteiger partial charge in [-0.3, -0.25) is 10.1 Å². The first-order valence-electron chi connectivity index (χ1n) is 9.78. The smallest absolute Gasteiger partial charge is 0.294 e. The molecule has 0 atom stereocenters. The number of nitro benzene ring substituents is 1. The van der Waals surface area contributed by atoms with Gasteiger partial charge in [0.15, 0.2) is 10.6 Å². The molecule has 0 aliphatic carbocycles. The van der Waals surface area contributed by atoms with Crippen LogP contribution >= 0.6 is 11.3 Å². The molecule has 0 fully saturated rings. The van der Waals surface area contributed by atoms with Crippen LogP contribution in [0.25, 0.3) is 22.4 Å². The Balaban J connectivity index is 1.69. The molecule has 158 valence electrons. The molecular formula is C24H16FN3O3S. The van der Waals surface area contributed by atoms with Crippen molar-refractivity contribution in [2.45, 2.75) is 6.54 Å². The monoisotopic (exact) mass is 445 g/mol. The second kappa shape index (κ2) is 8.24. The van der Waals surface area contributed by atoms with Gasteiger partial charge in [-0.2, -0.15) is 0 Å². The Morgan fingerprint density at radius 2 is 1.78 bits per heavy atom. The number of halogens is 1. The van der Waals surface area contributed by atoms with Gasteiger partial charge in [-0.25, -0.2) is 9.38 Å². The summed E-state index contributed by atoms with van der Waals surface area (Å²) in [5.74, 6) is 0.347. The number of fused-ring (bicyclic) bond motifs is 1. The highest BCUT2D eigenvalue weighted by molar-refractivity contribution is 7.07. The molecule has 0 saturated carbocycles. The van der Waals surface area contributed by atoms with Crippen LogP contribution in [0.5, 0.6) is 0 Å². The maximum absolute atomic E-state index is 13.4. The zero-order valence-electron chi connectivity index (χ0n) is 16.6. The van der Waals surface area contributed by atoms with Crippen LogP contribution in [0.15, 0.2) is 93.7 Å². The molecule has 2 heterocycles. The molecule has 0 unspecified atom stereocenters. The Hall–Kier alpha value is -4.04. The molecule has 0 bridgehead atoms. The normalized spacial score (nSPS) is 11.8. The third-order valence-electron chi connectivity index (χ3n) is 5.02. The number of hydrogen-bond acceptors (Lipinski definition) is 5. The fourth-order valence-corrected chi connectivity index (χ4v) is 4.37. The van der Waals surface area contributed by atoms with E-state index in [1.54, 1.807) is 30.3 Å². The van der Waals surface area contributed by atoms with Crippen LogP contribution in [0.2, 0.25) is 0 Å². The largest absolute Gasteiger partial charge is 0.454 e. The quantitative estimate of drug-likeness (QED) is 0.236. The lowest BCUT2D eigenvalue weighted by Gasteiger charge is -2.08. The van der Waals surface area contributed by atoms with Crippen molar-refractivity contribution >= 4 is 33.7 Å². The van der Waals surface area contributed by atoms with Crippen molar-refractivity contribution in [1.29, 1.82) is 0 Å². The first kappa shape index (κ1) is 19.9. The predicted molar refractivity (Wildman–Crippen MR) is 121 cm³/mol. The van der Waals surface area contributed by atoms with Crippen molar-refractivity contribution in [3.8, 4) is 11.5 Å². The van der Waals surface area contributed by atoms with Gasteiger partial charge in [-0.05, 0) is 35.9 Å². The number of nitro groups is 1. The molecule has 0 aliphatic rings. The Kier molecular flexibility index (Phi) is 5.12. The summed E-state index contributed by atoms with van der Waals surface area (Å²) in [5.41, 5.74) is 2.61. The number of nitrogens with zero attached hydrogens (tertiary/aromatic N) is 3. The second-order valence-electron chi connectivity index (χ2n) is 7.12. The molecule has 0 radical (unpaired) electrons. The third kappa shape index (κ3) is 3.83. The van der Waals surface area contributed by atoms with E-state index in [2.05, 4.69) is 4.99 Å². The standard InChI is InChI=1S/C24H16FN3O3S/c25-18-11-9-16(10-12-18)14-27-21(23-13-17-5-1-4-8-22(17)31-23)15-32-24(27)26-19-6-2-3-7-20(19)28(29)30/h1-13,15H,14H2. The van der Waals surface area contributed by atoms with Crippen molar-refractivity contribution in [1.82, 2.24) is 4.57 Å². The molecule has 0 amide bonds. The van der Waals surface area contributed by atoms with E-state index in [1.807, 2.05) is 40.3 Å². The Morgan fingerprint density at radius 3 is 2.56 bits per heavy atom. The van der Waals surface area contributed by atoms with E-state index >= 15 is 0 Å². The Morgan fingerprint density at radius 1 is 1.03 bits per heavy atom. The van der Waals surface area contributed by atoms with Crippen LogP contribution in [0, 0.1) is 15.9 Å². The number of thiazole rings is 1. The van der Waals surface area contributed by atoms with Gasteiger partial charge in [-0.15, -0.1) is 11.3 Å². The van der Waals surface area contributed by atoms with E-state index in [0.29, 0.717) is 17.1 Å². The average Bonchev–Trinajstić information content (AvgIpc) is 3.39. The average molecular weight is 445 g/mol. The van der Waals surface area contributed by atoms with Gasteiger partial charge in [0, 0.05) is 16.8 Å². The van der Waals surface area contributed by atoms with Crippen LogP contribution in [-0.2, 0) is 6.54 Å². The van der Waals surface area contributed by atoms with Gasteiger partial charge in [0.2, 0.25) is 0 Å². The summed E-state index contributed by atoms with van der Waals surface area (Å²) in [7, 11) is 0. The minimum Gasteiger partial charge on any atom is -0.454 e. The highest BCUT2D eigenvalue weighted by Crippen LogP contribution is 2.30. The van der Waals surface area contributed by atoms with Gasteiger partial charge in [0.25, 0.3) is 5.69 Å². The lowest BCUT2D eigenvalue weighted by atomic mass is 10.2. The first-order chi connectivity index (χ1) is 15.6. The lowest BCUT2D eigenvalue weighted by Crippen LogP contribution is -2.16. The Labute approximate surface area is 185 Å². The molecule has 0 aliphatic heterocycles. The fourth-order valence-electron chi connectivity index (χ4n) is 3.47. The van der Waals surface area contributed by atoms with E-state index in [0.717, 1.165) is 22.2 Å². The van der Waals surface area contributed by atoms with Crippen molar-refractivity contribution in [2.75, 3.05) is 0 Å². The zero-order valence-corrected chi connectivity index (χ0v) is 17.5. The molecule has 0 N–H and O–H groups in total. The highest BCUT2D eigenvalue weighted by Gasteiger charge is 2.16. The number of benzene rings is 3. The summed E-state index contributed by atoms with van der Waals surface area (Å²) in [6.07, 6.45) is 0. The van der Waals surface area contributed by atoms with E-state index in [1.165, 1.54) is 29.5 Å². The first-order valence-corrected chi connectivity index (χ1v) is 10.7. The van der Waals surface area contributed by atoms with E-state index in [-0.39, 0.29) is 17.2 Å². The molecule has 32 heavy (non-hydrogen) atoms. The van der Waals surface area contributed by atoms with Crippen molar-refractivity contribution in [3.63, 3.8) is 0 Å². The summed E-state index contributed by atoms with van der Waals surface area (Å²) in [5, 5.41) is 14.3. The second-order valence-corrected chi connectivity index (χ2v) is 7.96. The van der Waals surface area contributed by atoms with Crippen LogP contribution < -0.4 is 4.80 Å². The molecule has 0 saturated heterocycles. The number of furan rings is 1. The number of rotatable bonds is 5. The summed E-state index contributed by atoms with van der Waals surface area (Å²) in [6.45, 7) is 0.398. The molecule has 0 spiro atoms. The highest BCUT2D eigenvalue weighted by atomic mass is 32.1. The maximum Gasteiger partial charge on any atom is 0.294 e. The molecule has 3 aromatic carbocycles. The van der Waals surface area contributed by atoms with Crippen LogP contribution in [0.4, 0.5) is 15.8 Å². The van der Waals surface area contributed by atoms with Crippen molar-refractivity contribution in [3.05, 3.63) is 111 Å². The van der Waals surface area contributed by atoms with E-state index in [4.69, 9.17) is 4.42 Å². The van der Waals surface area contributed by atoms with Crippen LogP contribution in [-0.4, -0.2) is 9.49 Å². The number of aromatic nitrogens is 1. The third-order valence-corrected chi connectivity index (χ3v) is 5.89. The van der Waals surface area contributed by atoms with E-state index < -0.39 is 4.92 Å². The molecule has 5 rings (SSSR count). The maximum atomic E-state index is 13.4. The number of para-hydroxylation sites is 3. The molecule has 6 nitrogen and oxygen atoms in total. The SMILES string of the molecule is O=[N+]([O-])c1ccccc1N=c1scc(-c2cc3ccccc3o2)n1Cc1ccc(F)cc1. The zero-order chi connectivity index (χ0) is 22.1. The van der Waals surface area contributed by atoms with Crippen LogP contribution in [0.3, 0.4) is 0 Å². The summed E-state index contributed by atoms with van der Waals surface area (Å²) in [6, 6.07) is 22.2.